The lowest BCUT2D eigenvalue weighted by molar-refractivity contribution is -0.137. The van der Waals surface area contributed by atoms with Gasteiger partial charge in [0.25, 0.3) is 0 Å². The van der Waals surface area contributed by atoms with Crippen molar-refractivity contribution in [2.75, 3.05) is 0 Å². The van der Waals surface area contributed by atoms with Gasteiger partial charge in [-0.3, -0.25) is 4.98 Å². The molecule has 0 aliphatic carbocycles. The molecular formula is C17H10F3N3S. The molecule has 0 amide bonds. The minimum Gasteiger partial charge on any atom is -0.306 e. The van der Waals surface area contributed by atoms with Crippen LogP contribution in [0, 0.1) is 0 Å². The first-order chi connectivity index (χ1) is 11.5. The molecule has 1 aromatic carbocycles. The molecule has 3 nitrogen and oxygen atoms in total. The Balaban J connectivity index is 1.78. The molecule has 0 radical (unpaired) electrons. The van der Waals surface area contributed by atoms with Gasteiger partial charge in [0.1, 0.15) is 5.65 Å². The van der Waals surface area contributed by atoms with Gasteiger partial charge in [-0.1, -0.05) is 18.2 Å². The van der Waals surface area contributed by atoms with Crippen LogP contribution >= 0.6 is 11.3 Å². The minimum absolute atomic E-state index is 0.473. The molecule has 0 aliphatic rings. The number of alkyl halides is 3. The Morgan fingerprint density at radius 3 is 2.58 bits per heavy atom. The molecule has 0 atom stereocenters. The molecule has 0 saturated carbocycles. The average molecular weight is 345 g/mol. The van der Waals surface area contributed by atoms with Crippen molar-refractivity contribution in [3.05, 3.63) is 66.1 Å². The van der Waals surface area contributed by atoms with Crippen molar-refractivity contribution in [2.45, 2.75) is 6.18 Å². The van der Waals surface area contributed by atoms with Crippen molar-refractivity contribution in [1.29, 1.82) is 0 Å². The summed E-state index contributed by atoms with van der Waals surface area (Å²) in [6, 6.07) is 10.1. The number of aromatic nitrogens is 3. The van der Waals surface area contributed by atoms with Gasteiger partial charge in [-0.05, 0) is 23.8 Å². The molecule has 4 rings (SSSR count). The van der Waals surface area contributed by atoms with E-state index in [0.29, 0.717) is 11.3 Å². The fourth-order valence-corrected chi connectivity index (χ4v) is 3.11. The molecule has 0 spiro atoms. The second-order valence-corrected chi connectivity index (χ2v) is 6.14. The summed E-state index contributed by atoms with van der Waals surface area (Å²) in [4.78, 5) is 9.50. The van der Waals surface area contributed by atoms with Crippen molar-refractivity contribution in [3.63, 3.8) is 0 Å². The van der Waals surface area contributed by atoms with Gasteiger partial charge in [0, 0.05) is 24.2 Å². The molecule has 3 aromatic heterocycles. The van der Waals surface area contributed by atoms with E-state index in [4.69, 9.17) is 0 Å². The molecule has 0 unspecified atom stereocenters. The van der Waals surface area contributed by atoms with E-state index < -0.39 is 11.7 Å². The normalized spacial score (nSPS) is 12.0. The van der Waals surface area contributed by atoms with Crippen LogP contribution in [0.15, 0.2) is 60.5 Å². The van der Waals surface area contributed by atoms with Gasteiger partial charge >= 0.3 is 6.18 Å². The second-order valence-electron chi connectivity index (χ2n) is 5.25. The van der Waals surface area contributed by atoms with Crippen LogP contribution in [0.3, 0.4) is 0 Å². The molecular weight excluding hydrogens is 335 g/mol. The third kappa shape index (κ3) is 2.67. The summed E-state index contributed by atoms with van der Waals surface area (Å²) in [7, 11) is 0. The van der Waals surface area contributed by atoms with E-state index in [1.54, 1.807) is 17.9 Å². The van der Waals surface area contributed by atoms with E-state index in [1.165, 1.54) is 21.8 Å². The standard InChI is InChI=1S/C17H10F3N3S/c18-17(19,20)13-4-5-16-22-14(9-23(16)8-13)11-2-1-3-12(6-11)15-7-21-10-24-15/h1-10H. The molecule has 24 heavy (non-hydrogen) atoms. The number of halogens is 3. The van der Waals surface area contributed by atoms with Crippen molar-refractivity contribution in [1.82, 2.24) is 14.4 Å². The highest BCUT2D eigenvalue weighted by Crippen LogP contribution is 2.31. The van der Waals surface area contributed by atoms with Gasteiger partial charge in [0.15, 0.2) is 0 Å². The number of fused-ring (bicyclic) bond motifs is 1. The molecule has 120 valence electrons. The van der Waals surface area contributed by atoms with Crippen molar-refractivity contribution < 1.29 is 13.2 Å². The van der Waals surface area contributed by atoms with Gasteiger partial charge in [-0.15, -0.1) is 11.3 Å². The summed E-state index contributed by atoms with van der Waals surface area (Å²) in [5.41, 5.74) is 4.01. The third-order valence-corrected chi connectivity index (χ3v) is 4.48. The number of thiazole rings is 1. The van der Waals surface area contributed by atoms with Crippen molar-refractivity contribution in [3.8, 4) is 21.7 Å². The summed E-state index contributed by atoms with van der Waals surface area (Å²) >= 11 is 1.53. The van der Waals surface area contributed by atoms with Crippen LogP contribution in [0.5, 0.6) is 0 Å². The number of nitrogens with zero attached hydrogens (tertiary/aromatic N) is 3. The average Bonchev–Trinajstić information content (AvgIpc) is 3.23. The highest BCUT2D eigenvalue weighted by Gasteiger charge is 2.30. The molecule has 0 saturated heterocycles. The first-order valence-corrected chi connectivity index (χ1v) is 7.94. The van der Waals surface area contributed by atoms with Crippen molar-refractivity contribution in [2.24, 2.45) is 0 Å². The van der Waals surface area contributed by atoms with Gasteiger partial charge in [-0.25, -0.2) is 4.98 Å². The predicted molar refractivity (Wildman–Crippen MR) is 86.7 cm³/mol. The zero-order chi connectivity index (χ0) is 16.7. The van der Waals surface area contributed by atoms with E-state index in [2.05, 4.69) is 9.97 Å². The van der Waals surface area contributed by atoms with Crippen LogP contribution in [-0.4, -0.2) is 14.4 Å². The van der Waals surface area contributed by atoms with E-state index in [0.717, 1.165) is 28.3 Å². The summed E-state index contributed by atoms with van der Waals surface area (Å²) < 4.78 is 39.9. The molecule has 3 heterocycles. The first kappa shape index (κ1) is 14.9. The molecule has 7 heteroatoms. The minimum atomic E-state index is -4.37. The Morgan fingerprint density at radius 1 is 1.00 bits per heavy atom. The molecule has 0 aliphatic heterocycles. The highest BCUT2D eigenvalue weighted by molar-refractivity contribution is 7.13. The smallest absolute Gasteiger partial charge is 0.306 e. The maximum Gasteiger partial charge on any atom is 0.417 e. The lowest BCUT2D eigenvalue weighted by Gasteiger charge is -2.05. The lowest BCUT2D eigenvalue weighted by Crippen LogP contribution is -2.05. The predicted octanol–water partition coefficient (Wildman–Crippen LogP) is 5.14. The van der Waals surface area contributed by atoms with Crippen molar-refractivity contribution >= 4 is 17.0 Å². The summed E-state index contributed by atoms with van der Waals surface area (Å²) in [5.74, 6) is 0. The zero-order valence-corrected chi connectivity index (χ0v) is 13.0. The Labute approximate surface area is 139 Å². The molecule has 0 fully saturated rings. The van der Waals surface area contributed by atoms with Gasteiger partial charge in [0.05, 0.1) is 21.6 Å². The fraction of sp³-hybridized carbons (Fsp3) is 0.0588. The van der Waals surface area contributed by atoms with Crippen LogP contribution < -0.4 is 0 Å². The SMILES string of the molecule is FC(F)(F)c1ccc2nc(-c3cccc(-c4cncs4)c3)cn2c1. The van der Waals surface area contributed by atoms with Crippen LogP contribution in [0.1, 0.15) is 5.56 Å². The quantitative estimate of drug-likeness (QED) is 0.503. The van der Waals surface area contributed by atoms with E-state index in [-0.39, 0.29) is 0 Å². The lowest BCUT2D eigenvalue weighted by atomic mass is 10.1. The molecule has 0 bridgehead atoms. The highest BCUT2D eigenvalue weighted by atomic mass is 32.1. The number of hydrogen-bond donors (Lipinski definition) is 0. The largest absolute Gasteiger partial charge is 0.417 e. The van der Waals surface area contributed by atoms with Gasteiger partial charge in [-0.2, -0.15) is 13.2 Å². The molecule has 4 aromatic rings. The summed E-state index contributed by atoms with van der Waals surface area (Å²) in [6.45, 7) is 0. The zero-order valence-electron chi connectivity index (χ0n) is 12.2. The summed E-state index contributed by atoms with van der Waals surface area (Å²) in [5, 5.41) is 0. The Morgan fingerprint density at radius 2 is 1.83 bits per heavy atom. The Bertz CT molecular complexity index is 1000. The topological polar surface area (TPSA) is 30.2 Å². The number of hydrogen-bond acceptors (Lipinski definition) is 3. The van der Waals surface area contributed by atoms with E-state index in [9.17, 15) is 13.2 Å². The van der Waals surface area contributed by atoms with Crippen LogP contribution in [0.2, 0.25) is 0 Å². The third-order valence-electron chi connectivity index (χ3n) is 3.65. The van der Waals surface area contributed by atoms with E-state index in [1.807, 2.05) is 24.3 Å². The van der Waals surface area contributed by atoms with Crippen LogP contribution in [0.25, 0.3) is 27.3 Å². The molecule has 0 N–H and O–H groups in total. The number of rotatable bonds is 2. The monoisotopic (exact) mass is 345 g/mol. The number of imidazole rings is 1. The second kappa shape index (κ2) is 5.45. The number of benzene rings is 1. The van der Waals surface area contributed by atoms with Crippen LogP contribution in [0.4, 0.5) is 13.2 Å². The fourth-order valence-electron chi connectivity index (χ4n) is 2.49. The van der Waals surface area contributed by atoms with Gasteiger partial charge in [0.2, 0.25) is 0 Å². The van der Waals surface area contributed by atoms with Crippen LogP contribution in [-0.2, 0) is 6.18 Å². The Kier molecular flexibility index (Phi) is 3.38. The van der Waals surface area contributed by atoms with E-state index >= 15 is 0 Å². The van der Waals surface area contributed by atoms with Gasteiger partial charge < -0.3 is 4.40 Å². The number of pyridine rings is 1. The Hall–Kier alpha value is -2.67. The maximum absolute atomic E-state index is 12.8. The first-order valence-electron chi connectivity index (χ1n) is 7.06. The summed E-state index contributed by atoms with van der Waals surface area (Å²) in [6.07, 6.45) is 0.0724. The maximum atomic E-state index is 12.8.